The number of hydrogen-bond acceptors (Lipinski definition) is 3. The Kier molecular flexibility index (Phi) is 3.04. The molecule has 1 aromatic heterocycles. The summed E-state index contributed by atoms with van der Waals surface area (Å²) in [5.41, 5.74) is 8.08. The molecule has 0 aliphatic rings. The Bertz CT molecular complexity index is 553. The van der Waals surface area contributed by atoms with Crippen molar-refractivity contribution in [3.8, 4) is 11.8 Å². The van der Waals surface area contributed by atoms with Gasteiger partial charge in [-0.2, -0.15) is 5.26 Å². The Labute approximate surface area is 101 Å². The van der Waals surface area contributed by atoms with Crippen LogP contribution in [0.3, 0.4) is 0 Å². The van der Waals surface area contributed by atoms with Crippen molar-refractivity contribution in [2.75, 3.05) is 0 Å². The van der Waals surface area contributed by atoms with Crippen molar-refractivity contribution in [3.63, 3.8) is 0 Å². The van der Waals surface area contributed by atoms with Crippen LogP contribution in [0.25, 0.3) is 5.69 Å². The van der Waals surface area contributed by atoms with Crippen molar-refractivity contribution in [3.05, 3.63) is 46.5 Å². The van der Waals surface area contributed by atoms with Crippen LogP contribution in [0.4, 0.5) is 0 Å². The molecular formula is C11H9BrN4. The summed E-state index contributed by atoms with van der Waals surface area (Å²) in [6.07, 6.45) is 3.43. The fraction of sp³-hybridized carbons (Fsp3) is 0.0909. The minimum absolute atomic E-state index is 0.423. The lowest BCUT2D eigenvalue weighted by Crippen LogP contribution is -2.05. The Morgan fingerprint density at radius 3 is 2.94 bits per heavy atom. The Balaban J connectivity index is 2.53. The third-order valence-electron chi connectivity index (χ3n) is 2.26. The van der Waals surface area contributed by atoms with E-state index in [1.807, 2.05) is 10.6 Å². The molecule has 0 aliphatic carbocycles. The zero-order valence-electron chi connectivity index (χ0n) is 8.39. The van der Waals surface area contributed by atoms with Crippen molar-refractivity contribution >= 4 is 15.9 Å². The molecule has 2 rings (SSSR count). The van der Waals surface area contributed by atoms with Crippen LogP contribution in [0.2, 0.25) is 0 Å². The number of nitrogens with zero attached hydrogens (tertiary/aromatic N) is 3. The quantitative estimate of drug-likeness (QED) is 0.912. The van der Waals surface area contributed by atoms with E-state index in [-0.39, 0.29) is 0 Å². The first-order valence-electron chi connectivity index (χ1n) is 4.67. The highest BCUT2D eigenvalue weighted by molar-refractivity contribution is 9.10. The first kappa shape index (κ1) is 10.9. The maximum Gasteiger partial charge on any atom is 0.0995 e. The summed E-state index contributed by atoms with van der Waals surface area (Å²) >= 11 is 3.43. The zero-order valence-corrected chi connectivity index (χ0v) is 9.98. The number of nitriles is 1. The van der Waals surface area contributed by atoms with E-state index in [1.165, 1.54) is 0 Å². The molecule has 0 atom stereocenters. The van der Waals surface area contributed by atoms with E-state index in [9.17, 15) is 0 Å². The van der Waals surface area contributed by atoms with Crippen LogP contribution >= 0.6 is 15.9 Å². The van der Waals surface area contributed by atoms with Crippen LogP contribution in [0.15, 0.2) is 35.2 Å². The van der Waals surface area contributed by atoms with Crippen LogP contribution in [0.5, 0.6) is 0 Å². The summed E-state index contributed by atoms with van der Waals surface area (Å²) in [6.45, 7) is 0.423. The van der Waals surface area contributed by atoms with Crippen LogP contribution in [0, 0.1) is 11.3 Å². The molecule has 0 fully saturated rings. The van der Waals surface area contributed by atoms with Gasteiger partial charge in [0.2, 0.25) is 0 Å². The number of imidazole rings is 1. The van der Waals surface area contributed by atoms with Crippen molar-refractivity contribution in [1.82, 2.24) is 9.55 Å². The van der Waals surface area contributed by atoms with Crippen LogP contribution in [0.1, 0.15) is 11.3 Å². The molecular weight excluding hydrogens is 268 g/mol. The highest BCUT2D eigenvalue weighted by Gasteiger charge is 2.07. The van der Waals surface area contributed by atoms with Crippen LogP contribution < -0.4 is 5.73 Å². The Morgan fingerprint density at radius 2 is 2.31 bits per heavy atom. The van der Waals surface area contributed by atoms with E-state index in [2.05, 4.69) is 27.0 Å². The van der Waals surface area contributed by atoms with Crippen LogP contribution in [-0.2, 0) is 6.54 Å². The van der Waals surface area contributed by atoms with Crippen molar-refractivity contribution < 1.29 is 0 Å². The summed E-state index contributed by atoms with van der Waals surface area (Å²) in [4.78, 5) is 4.05. The first-order valence-corrected chi connectivity index (χ1v) is 5.47. The summed E-state index contributed by atoms with van der Waals surface area (Å²) < 4.78 is 2.74. The van der Waals surface area contributed by atoms with Crippen molar-refractivity contribution in [2.45, 2.75) is 6.54 Å². The molecule has 1 aromatic carbocycles. The second-order valence-electron chi connectivity index (χ2n) is 3.24. The molecule has 16 heavy (non-hydrogen) atoms. The predicted molar refractivity (Wildman–Crippen MR) is 63.9 cm³/mol. The third kappa shape index (κ3) is 1.85. The minimum Gasteiger partial charge on any atom is -0.325 e. The molecule has 0 spiro atoms. The number of rotatable bonds is 2. The molecule has 2 aromatic rings. The maximum absolute atomic E-state index is 8.77. The third-order valence-corrected chi connectivity index (χ3v) is 2.90. The van der Waals surface area contributed by atoms with Gasteiger partial charge in [-0.25, -0.2) is 4.98 Å². The molecule has 0 bridgehead atoms. The van der Waals surface area contributed by atoms with E-state index >= 15 is 0 Å². The average molecular weight is 277 g/mol. The number of halogens is 1. The first-order chi connectivity index (χ1) is 7.76. The summed E-state index contributed by atoms with van der Waals surface area (Å²) in [5.74, 6) is 0. The fourth-order valence-corrected chi connectivity index (χ4v) is 2.03. The summed E-state index contributed by atoms with van der Waals surface area (Å²) in [5, 5.41) is 8.77. The van der Waals surface area contributed by atoms with Gasteiger partial charge in [-0.05, 0) is 34.1 Å². The molecule has 80 valence electrons. The van der Waals surface area contributed by atoms with Crippen LogP contribution in [-0.4, -0.2) is 9.55 Å². The molecule has 1 heterocycles. The van der Waals surface area contributed by atoms with Gasteiger partial charge in [0, 0.05) is 17.2 Å². The largest absolute Gasteiger partial charge is 0.325 e. The average Bonchev–Trinajstić information content (AvgIpc) is 2.76. The molecule has 0 saturated heterocycles. The zero-order chi connectivity index (χ0) is 11.5. The van der Waals surface area contributed by atoms with Gasteiger partial charge in [-0.15, -0.1) is 0 Å². The molecule has 0 radical (unpaired) electrons. The monoisotopic (exact) mass is 276 g/mol. The van der Waals surface area contributed by atoms with E-state index in [0.29, 0.717) is 12.1 Å². The van der Waals surface area contributed by atoms with Gasteiger partial charge in [0.05, 0.1) is 29.3 Å². The van der Waals surface area contributed by atoms with Gasteiger partial charge in [-0.1, -0.05) is 0 Å². The Morgan fingerprint density at radius 1 is 1.50 bits per heavy atom. The molecule has 2 N–H and O–H groups in total. The second kappa shape index (κ2) is 4.47. The van der Waals surface area contributed by atoms with Gasteiger partial charge >= 0.3 is 0 Å². The number of aromatic nitrogens is 2. The van der Waals surface area contributed by atoms with E-state index in [1.54, 1.807) is 24.7 Å². The van der Waals surface area contributed by atoms with Gasteiger partial charge in [-0.3, -0.25) is 0 Å². The number of nitrogens with two attached hydrogens (primary N) is 1. The topological polar surface area (TPSA) is 67.6 Å². The molecule has 0 unspecified atom stereocenters. The minimum atomic E-state index is 0.423. The lowest BCUT2D eigenvalue weighted by molar-refractivity contribution is 0.907. The lowest BCUT2D eigenvalue weighted by Gasteiger charge is -2.08. The predicted octanol–water partition coefficient (Wildman–Crippen LogP) is 1.97. The van der Waals surface area contributed by atoms with Gasteiger partial charge in [0.15, 0.2) is 0 Å². The van der Waals surface area contributed by atoms with Gasteiger partial charge in [0.1, 0.15) is 0 Å². The summed E-state index contributed by atoms with van der Waals surface area (Å²) in [6, 6.07) is 7.49. The second-order valence-corrected chi connectivity index (χ2v) is 4.09. The molecule has 5 heteroatoms. The fourth-order valence-electron chi connectivity index (χ4n) is 1.46. The highest BCUT2D eigenvalue weighted by atomic mass is 79.9. The maximum atomic E-state index is 8.77. The smallest absolute Gasteiger partial charge is 0.0995 e. The van der Waals surface area contributed by atoms with Crippen molar-refractivity contribution in [1.29, 1.82) is 5.26 Å². The van der Waals surface area contributed by atoms with Gasteiger partial charge in [0.25, 0.3) is 0 Å². The number of benzene rings is 1. The van der Waals surface area contributed by atoms with E-state index in [4.69, 9.17) is 11.0 Å². The lowest BCUT2D eigenvalue weighted by atomic mass is 10.2. The normalized spacial score (nSPS) is 10.1. The number of hydrogen-bond donors (Lipinski definition) is 1. The highest BCUT2D eigenvalue weighted by Crippen LogP contribution is 2.23. The standard InChI is InChI=1S/C11H9BrN4/c12-10-3-8(4-13)1-2-11(10)16-7-15-6-9(16)5-14/h1-3,6-7H,5,14H2. The molecule has 0 saturated carbocycles. The summed E-state index contributed by atoms with van der Waals surface area (Å²) in [7, 11) is 0. The Hall–Kier alpha value is -1.64. The molecule has 0 amide bonds. The van der Waals surface area contributed by atoms with Gasteiger partial charge < -0.3 is 10.3 Å². The van der Waals surface area contributed by atoms with Crippen molar-refractivity contribution in [2.24, 2.45) is 5.73 Å². The molecule has 0 aliphatic heterocycles. The van der Waals surface area contributed by atoms with E-state index in [0.717, 1.165) is 15.9 Å². The SMILES string of the molecule is N#Cc1ccc(-n2cncc2CN)c(Br)c1. The van der Waals surface area contributed by atoms with E-state index < -0.39 is 0 Å². The molecule has 4 nitrogen and oxygen atoms in total.